The Morgan fingerprint density at radius 3 is 2.27 bits per heavy atom. The zero-order valence-electron chi connectivity index (χ0n) is 14.5. The molecular weight excluding hydrogens is 354 g/mol. The van der Waals surface area contributed by atoms with E-state index >= 15 is 0 Å². The van der Waals surface area contributed by atoms with Crippen molar-refractivity contribution in [1.82, 2.24) is 4.31 Å². The summed E-state index contributed by atoms with van der Waals surface area (Å²) in [4.78, 5) is 25.1. The number of rotatable bonds is 5. The maximum Gasteiger partial charge on any atom is 0.331 e. The topological polar surface area (TPSA) is 80.8 Å². The quantitative estimate of drug-likeness (QED) is 0.593. The number of ether oxygens (including phenoxy) is 1. The van der Waals surface area contributed by atoms with Crippen LogP contribution in [0.3, 0.4) is 0 Å². The molecular formula is C19H19NO5S. The lowest BCUT2D eigenvalue weighted by Gasteiger charge is -2.44. The molecule has 1 aliphatic rings. The molecule has 0 bridgehead atoms. The fourth-order valence-corrected chi connectivity index (χ4v) is 4.56. The molecule has 1 saturated heterocycles. The van der Waals surface area contributed by atoms with Crippen LogP contribution < -0.4 is 0 Å². The van der Waals surface area contributed by atoms with Crippen LogP contribution in [0.25, 0.3) is 0 Å². The third kappa shape index (κ3) is 2.99. The molecule has 2 aromatic carbocycles. The Morgan fingerprint density at radius 1 is 1.08 bits per heavy atom. The largest absolute Gasteiger partial charge is 0.464 e. The number of hydrogen-bond acceptors (Lipinski definition) is 5. The number of amides is 1. The molecule has 2 atom stereocenters. The molecule has 3 rings (SSSR count). The van der Waals surface area contributed by atoms with E-state index in [0.29, 0.717) is 9.87 Å². The van der Waals surface area contributed by atoms with Crippen molar-refractivity contribution in [3.63, 3.8) is 0 Å². The van der Waals surface area contributed by atoms with E-state index < -0.39 is 33.9 Å². The smallest absolute Gasteiger partial charge is 0.331 e. The molecule has 6 nitrogen and oxygen atoms in total. The summed E-state index contributed by atoms with van der Waals surface area (Å²) < 4.78 is 31.5. The van der Waals surface area contributed by atoms with Gasteiger partial charge >= 0.3 is 5.97 Å². The maximum atomic E-state index is 12.9. The van der Waals surface area contributed by atoms with E-state index in [9.17, 15) is 18.0 Å². The van der Waals surface area contributed by atoms with Gasteiger partial charge in [0.25, 0.3) is 10.0 Å². The number of aryl methyl sites for hydroxylation is 1. The molecule has 136 valence electrons. The molecule has 1 amide bonds. The average molecular weight is 373 g/mol. The van der Waals surface area contributed by atoms with Crippen molar-refractivity contribution in [3.05, 3.63) is 65.7 Å². The zero-order valence-corrected chi connectivity index (χ0v) is 15.3. The van der Waals surface area contributed by atoms with Gasteiger partial charge in [0.2, 0.25) is 5.91 Å². The molecule has 0 saturated carbocycles. The summed E-state index contributed by atoms with van der Waals surface area (Å²) in [7, 11) is -4.14. The van der Waals surface area contributed by atoms with Gasteiger partial charge in [0, 0.05) is 0 Å². The Labute approximate surface area is 152 Å². The summed E-state index contributed by atoms with van der Waals surface area (Å²) in [5, 5.41) is 0. The second-order valence-electron chi connectivity index (χ2n) is 6.04. The molecule has 0 aliphatic carbocycles. The number of β-lactam (4-membered cyclic amide) rings is 1. The van der Waals surface area contributed by atoms with Crippen LogP contribution in [0.15, 0.2) is 59.5 Å². The number of hydrogen-bond donors (Lipinski definition) is 0. The lowest BCUT2D eigenvalue weighted by atomic mass is 9.84. The molecule has 1 aliphatic heterocycles. The number of esters is 1. The summed E-state index contributed by atoms with van der Waals surface area (Å²) in [6, 6.07) is 13.6. The van der Waals surface area contributed by atoms with E-state index in [1.54, 1.807) is 49.4 Å². The number of benzene rings is 2. The van der Waals surface area contributed by atoms with Crippen LogP contribution in [0, 0.1) is 6.92 Å². The fourth-order valence-electron chi connectivity index (χ4n) is 3.00. The van der Waals surface area contributed by atoms with Crippen LogP contribution in [-0.4, -0.2) is 37.2 Å². The molecule has 0 spiro atoms. The predicted molar refractivity (Wildman–Crippen MR) is 94.8 cm³/mol. The minimum absolute atomic E-state index is 0.0303. The SMILES string of the molecule is CCOC(=O)C1C(c2ccccc2)C(=O)N1S(=O)(=O)c1ccc(C)cc1. The van der Waals surface area contributed by atoms with Crippen molar-refractivity contribution >= 4 is 21.9 Å². The van der Waals surface area contributed by atoms with Crippen molar-refractivity contribution in [1.29, 1.82) is 0 Å². The molecule has 0 aromatic heterocycles. The van der Waals surface area contributed by atoms with Crippen molar-refractivity contribution < 1.29 is 22.7 Å². The Hall–Kier alpha value is -2.67. The summed E-state index contributed by atoms with van der Waals surface area (Å²) in [5.41, 5.74) is 1.48. The first-order valence-electron chi connectivity index (χ1n) is 8.24. The molecule has 1 fully saturated rings. The summed E-state index contributed by atoms with van der Waals surface area (Å²) in [5.74, 6) is -2.22. The predicted octanol–water partition coefficient (Wildman–Crippen LogP) is 2.24. The minimum Gasteiger partial charge on any atom is -0.464 e. The number of sulfonamides is 1. The Bertz CT molecular complexity index is 922. The second-order valence-corrected chi connectivity index (χ2v) is 7.85. The van der Waals surface area contributed by atoms with Gasteiger partial charge in [-0.25, -0.2) is 17.5 Å². The van der Waals surface area contributed by atoms with Crippen LogP contribution in [0.2, 0.25) is 0 Å². The molecule has 1 heterocycles. The highest BCUT2D eigenvalue weighted by atomic mass is 32.2. The standard InChI is InChI=1S/C19H19NO5S/c1-3-25-19(22)17-16(14-7-5-4-6-8-14)18(21)20(17)26(23,24)15-11-9-13(2)10-12-15/h4-12,16-17H,3H2,1-2H3. The van der Waals surface area contributed by atoms with E-state index in [2.05, 4.69) is 0 Å². The van der Waals surface area contributed by atoms with Gasteiger partial charge in [0.05, 0.1) is 17.4 Å². The summed E-state index contributed by atoms with van der Waals surface area (Å²) in [6.07, 6.45) is 0. The van der Waals surface area contributed by atoms with Gasteiger partial charge in [-0.1, -0.05) is 48.0 Å². The van der Waals surface area contributed by atoms with Crippen LogP contribution in [-0.2, 0) is 24.3 Å². The van der Waals surface area contributed by atoms with Gasteiger partial charge in [-0.2, -0.15) is 0 Å². The molecule has 2 unspecified atom stereocenters. The highest BCUT2D eigenvalue weighted by Crippen LogP contribution is 2.40. The van der Waals surface area contributed by atoms with Crippen LogP contribution in [0.4, 0.5) is 0 Å². The third-order valence-corrected chi connectivity index (χ3v) is 6.11. The van der Waals surface area contributed by atoms with Gasteiger partial charge in [0.15, 0.2) is 6.04 Å². The highest BCUT2D eigenvalue weighted by molar-refractivity contribution is 7.89. The van der Waals surface area contributed by atoms with Crippen molar-refractivity contribution in [2.45, 2.75) is 30.7 Å². The van der Waals surface area contributed by atoms with E-state index in [0.717, 1.165) is 5.56 Å². The van der Waals surface area contributed by atoms with Crippen molar-refractivity contribution in [2.75, 3.05) is 6.61 Å². The fraction of sp³-hybridized carbons (Fsp3) is 0.263. The Balaban J connectivity index is 2.01. The van der Waals surface area contributed by atoms with Gasteiger partial charge in [-0.15, -0.1) is 0 Å². The zero-order chi connectivity index (χ0) is 18.9. The Kier molecular flexibility index (Phi) is 4.82. The van der Waals surface area contributed by atoms with Gasteiger partial charge < -0.3 is 4.74 Å². The first-order chi connectivity index (χ1) is 12.4. The van der Waals surface area contributed by atoms with Crippen LogP contribution >= 0.6 is 0 Å². The van der Waals surface area contributed by atoms with Gasteiger partial charge in [-0.3, -0.25) is 4.79 Å². The van der Waals surface area contributed by atoms with E-state index in [-0.39, 0.29) is 11.5 Å². The monoisotopic (exact) mass is 373 g/mol. The molecule has 0 radical (unpaired) electrons. The lowest BCUT2D eigenvalue weighted by Crippen LogP contribution is -2.64. The number of carbonyl (C=O) groups excluding carboxylic acids is 2. The highest BCUT2D eigenvalue weighted by Gasteiger charge is 2.58. The minimum atomic E-state index is -4.14. The second kappa shape index (κ2) is 6.92. The molecule has 2 aromatic rings. The van der Waals surface area contributed by atoms with Crippen LogP contribution in [0.5, 0.6) is 0 Å². The number of carbonyl (C=O) groups is 2. The Morgan fingerprint density at radius 2 is 1.69 bits per heavy atom. The first-order valence-corrected chi connectivity index (χ1v) is 9.68. The van der Waals surface area contributed by atoms with E-state index in [4.69, 9.17) is 4.74 Å². The third-order valence-electron chi connectivity index (χ3n) is 4.32. The first kappa shape index (κ1) is 18.1. The average Bonchev–Trinajstić information content (AvgIpc) is 2.60. The van der Waals surface area contributed by atoms with Gasteiger partial charge in [-0.05, 0) is 31.5 Å². The normalized spacial score (nSPS) is 19.8. The molecule has 26 heavy (non-hydrogen) atoms. The molecule has 0 N–H and O–H groups in total. The molecule has 7 heteroatoms. The maximum absolute atomic E-state index is 12.9. The lowest BCUT2D eigenvalue weighted by molar-refractivity contribution is -0.162. The summed E-state index contributed by atoms with van der Waals surface area (Å²) >= 11 is 0. The summed E-state index contributed by atoms with van der Waals surface area (Å²) in [6.45, 7) is 3.57. The number of nitrogens with zero attached hydrogens (tertiary/aromatic N) is 1. The van der Waals surface area contributed by atoms with Crippen molar-refractivity contribution in [2.24, 2.45) is 0 Å². The van der Waals surface area contributed by atoms with Crippen molar-refractivity contribution in [3.8, 4) is 0 Å². The van der Waals surface area contributed by atoms with E-state index in [1.165, 1.54) is 12.1 Å². The van der Waals surface area contributed by atoms with Gasteiger partial charge in [0.1, 0.15) is 0 Å². The van der Waals surface area contributed by atoms with Crippen LogP contribution in [0.1, 0.15) is 24.0 Å². The van der Waals surface area contributed by atoms with E-state index in [1.807, 2.05) is 6.92 Å².